The highest BCUT2D eigenvalue weighted by atomic mass is 32.2. The normalized spacial score (nSPS) is 26.9. The monoisotopic (exact) mass is 1570 g/mol. The van der Waals surface area contributed by atoms with Crippen molar-refractivity contribution in [2.24, 2.45) is 66.4 Å². The number of nitrogens with zero attached hydrogens (tertiary/aromatic N) is 10. The first-order valence-electron chi connectivity index (χ1n) is 32.6. The van der Waals surface area contributed by atoms with E-state index < -0.39 is 171 Å². The Bertz CT molecular complexity index is 4410. The van der Waals surface area contributed by atoms with Crippen LogP contribution in [0.15, 0.2) is 90.5 Å². The maximum atomic E-state index is 14.3. The summed E-state index contributed by atoms with van der Waals surface area (Å²) < 4.78 is 168. The number of aliphatic carboxylic acids is 1. The standard InChI is InChI=1S/C60H79FN15O24P3S2/c1-6-49(96-58(97-57(61)73-75-64)98-102(84)100-103(85)99-101(82)83)76-25-33(50-52(62)66-30-67-53(50)76)10-8-14-65-47(77)26-92-15-16-93-48(70-74-63)27-94-36-11-7-9-31(17-36)54(78)71-72-55(79)32-12-13-37(56(80)81)40(18-32)51-41-19-38-34(28-104(86,87)88)23-59(2,3)68-43(38)21-45(41)95-46-22-44-39(20-42(46)51)35(29-105(89,90)91)24-60(4,5)69-44/h7,9,12-13,17,19,21,23,30,33,35-36,39-40,42,44,46,48-50,53,57-58,69,101-103H,6,11,14-16,18,20,22,24-29H2,1-5H3,(H,65,77)(H,71,78)(H,72,79)(H,80,81)(H,82,83)(H2,62,66,67)(H,86,87,88)(H,89,90,91)/t33?,35?,36?,39?,40?,42?,44?,46?,48?,49-,50?,53?,57?,58?/m1/s1. The molecular formula is C60H79FN15O24P3S2. The number of ether oxygens (including phenoxy) is 6. The molecule has 0 bridgehead atoms. The number of carboxylic acid groups (broad SMARTS) is 1. The Morgan fingerprint density at radius 3 is 2.46 bits per heavy atom. The van der Waals surface area contributed by atoms with E-state index in [1.54, 1.807) is 50.0 Å². The number of alkyl halides is 1. The van der Waals surface area contributed by atoms with Gasteiger partial charge >= 0.3 is 30.7 Å². The number of halogens is 1. The molecule has 17 atom stereocenters. The van der Waals surface area contributed by atoms with Gasteiger partial charge in [0.15, 0.2) is 6.23 Å². The number of rotatable bonds is 32. The molecule has 39 nitrogen and oxygen atoms in total. The lowest BCUT2D eigenvalue weighted by molar-refractivity contribution is -0.319. The van der Waals surface area contributed by atoms with Crippen LogP contribution in [0.1, 0.15) is 78.7 Å². The van der Waals surface area contributed by atoms with Crippen LogP contribution in [-0.4, -0.2) is 189 Å². The second-order valence-electron chi connectivity index (χ2n) is 26.4. The van der Waals surface area contributed by atoms with Gasteiger partial charge in [0.25, 0.3) is 45.0 Å². The molecular weight excluding hydrogens is 1490 g/mol. The van der Waals surface area contributed by atoms with Crippen molar-refractivity contribution >= 4 is 92.0 Å². The molecule has 572 valence electrons. The van der Waals surface area contributed by atoms with Crippen molar-refractivity contribution in [2.45, 2.75) is 134 Å². The number of nitrogens with two attached hydrogens (primary N) is 1. The third-order valence-electron chi connectivity index (χ3n) is 18.0. The van der Waals surface area contributed by atoms with E-state index in [1.165, 1.54) is 30.6 Å². The number of carbonyl (C=O) groups is 4. The zero-order valence-corrected chi connectivity index (χ0v) is 61.5. The van der Waals surface area contributed by atoms with Crippen molar-refractivity contribution < 1.29 is 115 Å². The summed E-state index contributed by atoms with van der Waals surface area (Å²) in [5.41, 5.74) is 28.6. The van der Waals surface area contributed by atoms with Gasteiger partial charge in [0.1, 0.15) is 48.8 Å². The molecule has 105 heavy (non-hydrogen) atoms. The van der Waals surface area contributed by atoms with Crippen LogP contribution in [-0.2, 0) is 89.9 Å². The molecule has 45 heteroatoms. The molecule has 8 aliphatic rings. The van der Waals surface area contributed by atoms with Crippen LogP contribution in [0.25, 0.3) is 32.0 Å². The molecule has 1 aromatic rings. The summed E-state index contributed by atoms with van der Waals surface area (Å²) in [4.78, 5) is 82.9. The van der Waals surface area contributed by atoms with Crippen molar-refractivity contribution in [3.05, 3.63) is 102 Å². The van der Waals surface area contributed by atoms with Gasteiger partial charge in [-0.15, -0.1) is 0 Å². The number of carbonyl (C=O) groups excluding carboxylic acids is 3. The number of likely N-dealkylation sites (tertiary alicyclic amines) is 1. The van der Waals surface area contributed by atoms with E-state index in [1.807, 2.05) is 13.8 Å². The zero-order valence-electron chi connectivity index (χ0n) is 56.9. The number of nitrogens with one attached hydrogen (secondary N) is 4. The summed E-state index contributed by atoms with van der Waals surface area (Å²) in [5, 5.41) is 24.2. The van der Waals surface area contributed by atoms with Gasteiger partial charge in [-0.1, -0.05) is 54.3 Å². The van der Waals surface area contributed by atoms with E-state index >= 15 is 0 Å². The Balaban J connectivity index is 0.780. The Hall–Kier alpha value is -7.41. The van der Waals surface area contributed by atoms with Gasteiger partial charge in [-0.3, -0.25) is 72.2 Å². The smallest absolute Gasteiger partial charge is 0.333 e. The van der Waals surface area contributed by atoms with E-state index in [0.29, 0.717) is 40.3 Å². The molecule has 5 aliphatic heterocycles. The predicted octanol–water partition coefficient (Wildman–Crippen LogP) is 3.22. The number of amides is 3. The maximum absolute atomic E-state index is 14.3. The summed E-state index contributed by atoms with van der Waals surface area (Å²) in [6.07, 6.45) is 6.52. The van der Waals surface area contributed by atoms with Gasteiger partial charge in [-0.2, -0.15) is 16.8 Å². The number of allylic oxidation sites excluding steroid dienone is 2. The van der Waals surface area contributed by atoms with Crippen LogP contribution in [0.2, 0.25) is 0 Å². The van der Waals surface area contributed by atoms with Crippen molar-refractivity contribution in [3.63, 3.8) is 0 Å². The highest BCUT2D eigenvalue weighted by Gasteiger charge is 2.53. The number of fused-ring (bicyclic) bond motifs is 5. The van der Waals surface area contributed by atoms with Crippen LogP contribution >= 0.6 is 24.8 Å². The van der Waals surface area contributed by atoms with Gasteiger partial charge in [0.05, 0.1) is 55.0 Å². The first-order chi connectivity index (χ1) is 49.6. The Morgan fingerprint density at radius 1 is 1.00 bits per heavy atom. The number of benzene rings is 1. The molecule has 1 saturated carbocycles. The number of hydrazine groups is 1. The van der Waals surface area contributed by atoms with Crippen LogP contribution < -0.4 is 42.5 Å². The maximum Gasteiger partial charge on any atom is 0.333 e. The van der Waals surface area contributed by atoms with E-state index in [2.05, 4.69) is 72.0 Å². The van der Waals surface area contributed by atoms with Gasteiger partial charge < -0.3 is 50.1 Å². The lowest BCUT2D eigenvalue weighted by atomic mass is 9.61. The molecule has 0 aromatic heterocycles. The molecule has 1 aromatic carbocycles. The fourth-order valence-corrected chi connectivity index (χ4v) is 17.9. The average Bonchev–Trinajstić information content (AvgIpc) is 1.30. The van der Waals surface area contributed by atoms with Crippen LogP contribution in [0.3, 0.4) is 0 Å². The third-order valence-corrected chi connectivity index (χ3v) is 22.7. The lowest BCUT2D eigenvalue weighted by Crippen LogP contribution is -2.63. The zero-order chi connectivity index (χ0) is 76.3. The molecule has 3 aliphatic carbocycles. The Morgan fingerprint density at radius 2 is 1.75 bits per heavy atom. The minimum Gasteiger partial charge on any atom is -0.489 e. The molecule has 5 heterocycles. The largest absolute Gasteiger partial charge is 0.489 e. The second-order valence-corrected chi connectivity index (χ2v) is 32.7. The number of hydrogen-bond acceptors (Lipinski definition) is 28. The summed E-state index contributed by atoms with van der Waals surface area (Å²) in [5.74, 6) is -2.35. The predicted molar refractivity (Wildman–Crippen MR) is 370 cm³/mol. The average molecular weight is 1570 g/mol. The number of aliphatic imine (C=N–C) groups is 2. The summed E-state index contributed by atoms with van der Waals surface area (Å²) in [6, 6.07) is 2.98. The fraction of sp³-hybridized carbons (Fsp3) is 0.583. The number of carboxylic acids is 1. The molecule has 9 rings (SSSR count). The van der Waals surface area contributed by atoms with Gasteiger partial charge in [-0.05, 0) is 111 Å². The Kier molecular flexibility index (Phi) is 27.6. The number of piperidine rings is 1. The van der Waals surface area contributed by atoms with E-state index in [0.717, 1.165) is 0 Å². The molecule has 16 unspecified atom stereocenters. The lowest BCUT2D eigenvalue weighted by Gasteiger charge is -2.54. The van der Waals surface area contributed by atoms with E-state index in [9.17, 15) is 73.8 Å². The molecule has 2 saturated heterocycles. The Labute approximate surface area is 601 Å². The molecule has 3 amide bonds. The third kappa shape index (κ3) is 22.4. The van der Waals surface area contributed by atoms with Crippen LogP contribution in [0.4, 0.5) is 4.39 Å². The van der Waals surface area contributed by atoms with Crippen molar-refractivity contribution in [2.75, 3.05) is 51.0 Å². The molecule has 0 spiro atoms. The highest BCUT2D eigenvalue weighted by Crippen LogP contribution is 2.51. The minimum absolute atomic E-state index is 0.0470. The van der Waals surface area contributed by atoms with Crippen LogP contribution in [0, 0.1) is 47.3 Å². The van der Waals surface area contributed by atoms with E-state index in [-0.39, 0.29) is 98.7 Å². The van der Waals surface area contributed by atoms with Gasteiger partial charge in [0, 0.05) is 85.7 Å². The molecule has 3 fully saturated rings. The first-order valence-corrected chi connectivity index (χ1v) is 39.5. The molecule has 0 radical (unpaired) electrons. The van der Waals surface area contributed by atoms with Crippen LogP contribution in [0.5, 0.6) is 5.75 Å². The summed E-state index contributed by atoms with van der Waals surface area (Å²) in [7, 11) is -20.6. The van der Waals surface area contributed by atoms with Gasteiger partial charge in [-0.25, -0.2) is 22.8 Å². The first kappa shape index (κ1) is 81.7. The minimum atomic E-state index is -4.60. The van der Waals surface area contributed by atoms with Crippen molar-refractivity contribution in [1.29, 1.82) is 0 Å². The van der Waals surface area contributed by atoms with E-state index in [4.69, 9.17) is 54.1 Å². The summed E-state index contributed by atoms with van der Waals surface area (Å²) >= 11 is 0. The fourth-order valence-electron chi connectivity index (χ4n) is 14.2. The number of hydrogen-bond donors (Lipinski definition) is 9. The second kappa shape index (κ2) is 35.5. The SMILES string of the molecule is CC[C@@H](OC(OC(F)N=[N+]=[N-])O[PH](=O)O[PH](=O)O[PH](=O)O)N1CC(C#CCNC(=O)COCCOC(COC2C=C(C(=O)NNC(=O)C3=CC=C(C(=O)O)C(C4=c5cc6c(cc5OC5CC7NC(C)(C)CC(CS(=O)(=O)O)C7CC45)=NC(C)(C)C=C6CS(=O)(=O)O)C3)C=CC2)N=[N+]=[N-])C2C(N)=NC=NC21. The van der Waals surface area contributed by atoms with Crippen molar-refractivity contribution in [1.82, 2.24) is 26.4 Å². The topological polar surface area (TPSA) is 564 Å². The molecule has 10 N–H and O–H groups in total. The van der Waals surface area contributed by atoms with Gasteiger partial charge in [0.2, 0.25) is 5.91 Å². The summed E-state index contributed by atoms with van der Waals surface area (Å²) in [6.45, 7) is 2.81. The number of amidine groups is 1. The van der Waals surface area contributed by atoms with Crippen molar-refractivity contribution in [3.8, 4) is 17.6 Å². The number of azide groups is 2. The quantitative estimate of drug-likeness (QED) is 0.00478. The highest BCUT2D eigenvalue weighted by molar-refractivity contribution is 7.86.